The molecule has 27 heavy (non-hydrogen) atoms. The van der Waals surface area contributed by atoms with Crippen LogP contribution in [0.1, 0.15) is 44.4 Å². The van der Waals surface area contributed by atoms with Crippen LogP contribution in [0.25, 0.3) is 11.1 Å². The van der Waals surface area contributed by atoms with Crippen LogP contribution >= 0.6 is 0 Å². The van der Waals surface area contributed by atoms with Crippen molar-refractivity contribution in [3.05, 3.63) is 53.1 Å². The molecule has 0 spiro atoms. The summed E-state index contributed by atoms with van der Waals surface area (Å²) in [5, 5.41) is 0. The number of hydrogen-bond acceptors (Lipinski definition) is 0. The molecule has 1 heterocycles. The van der Waals surface area contributed by atoms with Gasteiger partial charge in [-0.25, -0.2) is 0 Å². The van der Waals surface area contributed by atoms with Crippen molar-refractivity contribution in [2.75, 3.05) is 6.54 Å². The summed E-state index contributed by atoms with van der Waals surface area (Å²) in [6.07, 6.45) is 0. The lowest BCUT2D eigenvalue weighted by atomic mass is 9.81. The number of hydrogen-bond donors (Lipinski definition) is 0. The highest BCUT2D eigenvalue weighted by molar-refractivity contribution is 6.50. The predicted octanol–water partition coefficient (Wildman–Crippen LogP) is 6.69. The number of benzene rings is 2. The summed E-state index contributed by atoms with van der Waals surface area (Å²) in [5.74, 6) is 0. The second-order valence-electron chi connectivity index (χ2n) is 7.56. The van der Waals surface area contributed by atoms with Crippen LogP contribution in [0.5, 0.6) is 0 Å². The first-order valence-electron chi connectivity index (χ1n) is 9.06. The largest absolute Gasteiger partial charge is 0.673 e. The third-order valence-corrected chi connectivity index (χ3v) is 5.14. The van der Waals surface area contributed by atoms with Gasteiger partial charge in [-0.2, -0.15) is 4.58 Å². The molecule has 6 heteroatoms. The van der Waals surface area contributed by atoms with E-state index < -0.39 is 7.25 Å². The van der Waals surface area contributed by atoms with Gasteiger partial charge in [0.15, 0.2) is 5.71 Å². The third kappa shape index (κ3) is 4.79. The monoisotopic (exact) mass is 379 g/mol. The van der Waals surface area contributed by atoms with Gasteiger partial charge >= 0.3 is 7.25 Å². The molecule has 0 amide bonds. The van der Waals surface area contributed by atoms with Gasteiger partial charge in [0.1, 0.15) is 6.54 Å². The zero-order chi connectivity index (χ0) is 20.6. The van der Waals surface area contributed by atoms with Gasteiger partial charge in [0.2, 0.25) is 5.69 Å². The lowest BCUT2D eigenvalue weighted by molar-refractivity contribution is -0.434. The second kappa shape index (κ2) is 7.49. The summed E-state index contributed by atoms with van der Waals surface area (Å²) in [6, 6.07) is 13.8. The number of nitrogens with zero attached hydrogens (tertiary/aromatic N) is 1. The van der Waals surface area contributed by atoms with E-state index in [0.29, 0.717) is 0 Å². The molecule has 0 atom stereocenters. The van der Waals surface area contributed by atoms with E-state index in [1.54, 1.807) is 0 Å². The summed E-state index contributed by atoms with van der Waals surface area (Å²) in [4.78, 5) is 0. The Bertz CT molecular complexity index is 856. The zero-order valence-corrected chi connectivity index (χ0v) is 16.7. The van der Waals surface area contributed by atoms with E-state index in [9.17, 15) is 17.3 Å². The summed E-state index contributed by atoms with van der Waals surface area (Å²) in [7, 11) is -6.00. The Morgan fingerprint density at radius 1 is 0.852 bits per heavy atom. The molecule has 3 rings (SSSR count). The molecule has 146 valence electrons. The Labute approximate surface area is 158 Å². The lowest BCUT2D eigenvalue weighted by Crippen LogP contribution is -2.26. The first kappa shape index (κ1) is 21.2. The van der Waals surface area contributed by atoms with Gasteiger partial charge in [0, 0.05) is 18.6 Å². The third-order valence-electron chi connectivity index (χ3n) is 5.14. The molecular formula is C21H26BF4N. The fraction of sp³-hybridized carbons (Fsp3) is 0.381. The first-order valence-corrected chi connectivity index (χ1v) is 9.06. The number of aryl methyl sites for hydroxylation is 2. The maximum Gasteiger partial charge on any atom is 0.673 e. The lowest BCUT2D eigenvalue weighted by Gasteiger charge is -2.16. The zero-order valence-electron chi connectivity index (χ0n) is 16.7. The molecule has 0 bridgehead atoms. The van der Waals surface area contributed by atoms with Crippen LogP contribution in [-0.4, -0.2) is 24.1 Å². The van der Waals surface area contributed by atoms with Crippen molar-refractivity contribution in [1.29, 1.82) is 0 Å². The Morgan fingerprint density at radius 2 is 1.37 bits per heavy atom. The smallest absolute Gasteiger partial charge is 0.418 e. The molecule has 1 aliphatic heterocycles. The first-order chi connectivity index (χ1) is 12.3. The van der Waals surface area contributed by atoms with Gasteiger partial charge in [0.25, 0.3) is 0 Å². The highest BCUT2D eigenvalue weighted by Gasteiger charge is 2.42. The van der Waals surface area contributed by atoms with Crippen LogP contribution < -0.4 is 0 Å². The van der Waals surface area contributed by atoms with Crippen molar-refractivity contribution in [2.24, 2.45) is 0 Å². The minimum absolute atomic E-state index is 0.111. The SMILES string of the molecule is CC[N+]1=C(C)C(C)(C)c2cc(-c3cc(C)cc(C)c3)ccc21.F[B-](F)(F)F. The molecule has 1 aliphatic rings. The van der Waals surface area contributed by atoms with Gasteiger partial charge in [-0.15, -0.1) is 0 Å². The van der Waals surface area contributed by atoms with Crippen LogP contribution in [0.4, 0.5) is 23.0 Å². The molecule has 0 radical (unpaired) electrons. The van der Waals surface area contributed by atoms with Gasteiger partial charge in [-0.05, 0) is 57.9 Å². The number of rotatable bonds is 2. The molecule has 0 saturated carbocycles. The number of fused-ring (bicyclic) bond motifs is 1. The molecule has 0 fully saturated rings. The van der Waals surface area contributed by atoms with Crippen LogP contribution in [0.3, 0.4) is 0 Å². The van der Waals surface area contributed by atoms with E-state index >= 15 is 0 Å². The van der Waals surface area contributed by atoms with Crippen molar-refractivity contribution < 1.29 is 21.8 Å². The fourth-order valence-corrected chi connectivity index (χ4v) is 3.71. The molecule has 0 aliphatic carbocycles. The second-order valence-corrected chi connectivity index (χ2v) is 7.56. The van der Waals surface area contributed by atoms with Crippen molar-refractivity contribution in [1.82, 2.24) is 0 Å². The highest BCUT2D eigenvalue weighted by atomic mass is 19.5. The van der Waals surface area contributed by atoms with Crippen LogP contribution in [0.2, 0.25) is 0 Å². The van der Waals surface area contributed by atoms with E-state index in [1.807, 2.05) is 0 Å². The summed E-state index contributed by atoms with van der Waals surface area (Å²) < 4.78 is 41.4. The van der Waals surface area contributed by atoms with E-state index in [4.69, 9.17) is 0 Å². The van der Waals surface area contributed by atoms with Crippen molar-refractivity contribution in [3.63, 3.8) is 0 Å². The Morgan fingerprint density at radius 3 is 1.85 bits per heavy atom. The Hall–Kier alpha value is -2.11. The molecule has 0 saturated heterocycles. The molecule has 0 unspecified atom stereocenters. The van der Waals surface area contributed by atoms with Crippen molar-refractivity contribution in [3.8, 4) is 11.1 Å². The topological polar surface area (TPSA) is 3.01 Å². The highest BCUT2D eigenvalue weighted by Crippen LogP contribution is 2.41. The molecular weight excluding hydrogens is 353 g/mol. The van der Waals surface area contributed by atoms with Gasteiger partial charge in [-0.3, -0.25) is 0 Å². The molecule has 0 aromatic heterocycles. The average Bonchev–Trinajstić information content (AvgIpc) is 2.71. The molecule has 1 nitrogen and oxygen atoms in total. The van der Waals surface area contributed by atoms with Crippen LogP contribution in [0.15, 0.2) is 36.4 Å². The van der Waals surface area contributed by atoms with Gasteiger partial charge in [0.05, 0.1) is 5.41 Å². The van der Waals surface area contributed by atoms with E-state index in [-0.39, 0.29) is 5.41 Å². The van der Waals surface area contributed by atoms with E-state index in [0.717, 1.165) is 6.54 Å². The molecule has 0 N–H and O–H groups in total. The van der Waals surface area contributed by atoms with Crippen molar-refractivity contribution >= 4 is 18.7 Å². The summed E-state index contributed by atoms with van der Waals surface area (Å²) in [5.41, 5.74) is 9.68. The van der Waals surface area contributed by atoms with Gasteiger partial charge in [-0.1, -0.05) is 29.3 Å². The maximum absolute atomic E-state index is 9.75. The normalized spacial score (nSPS) is 15.3. The van der Waals surface area contributed by atoms with Crippen molar-refractivity contribution in [2.45, 2.75) is 47.0 Å². The Balaban J connectivity index is 0.000000465. The average molecular weight is 379 g/mol. The van der Waals surface area contributed by atoms with Crippen LogP contribution in [-0.2, 0) is 5.41 Å². The minimum atomic E-state index is -6.00. The van der Waals surface area contributed by atoms with Crippen LogP contribution in [0, 0.1) is 13.8 Å². The summed E-state index contributed by atoms with van der Waals surface area (Å²) >= 11 is 0. The Kier molecular flexibility index (Phi) is 5.88. The molecule has 2 aromatic rings. The van der Waals surface area contributed by atoms with E-state index in [2.05, 4.69) is 82.5 Å². The number of halogens is 4. The predicted molar refractivity (Wildman–Crippen MR) is 106 cm³/mol. The van der Waals surface area contributed by atoms with Gasteiger partial charge < -0.3 is 17.3 Å². The van der Waals surface area contributed by atoms with E-state index in [1.165, 1.54) is 39.2 Å². The standard InChI is InChI=1S/C21H26N.BF4/c1-7-22-16(4)21(5,6)19-13-17(8-9-20(19)22)18-11-14(2)10-15(3)12-18;2-1(3,4)5/h8-13H,7H2,1-6H3;/q+1;-1. The minimum Gasteiger partial charge on any atom is -0.418 e. The summed E-state index contributed by atoms with van der Waals surface area (Å²) in [6.45, 7) is 14.5. The quantitative estimate of drug-likeness (QED) is 0.311. The maximum atomic E-state index is 9.75. The molecule has 2 aromatic carbocycles. The fourth-order valence-electron chi connectivity index (χ4n) is 3.71.